The molecule has 1 N–H and O–H groups in total. The molecule has 0 aliphatic heterocycles. The molecule has 0 saturated heterocycles. The van der Waals surface area contributed by atoms with Crippen molar-refractivity contribution in [1.29, 1.82) is 0 Å². The van der Waals surface area contributed by atoms with Crippen molar-refractivity contribution in [1.82, 2.24) is 4.90 Å². The fraction of sp³-hybridized carbons (Fsp3) is 0.381. The third kappa shape index (κ3) is 6.27. The van der Waals surface area contributed by atoms with E-state index in [0.29, 0.717) is 6.54 Å². The lowest BCUT2D eigenvalue weighted by molar-refractivity contribution is 0.187. The van der Waals surface area contributed by atoms with Gasteiger partial charge < -0.3 is 14.4 Å². The van der Waals surface area contributed by atoms with Crippen LogP contribution in [-0.2, 0) is 23.1 Å². The molecular weight excluding hydrogens is 376 g/mol. The van der Waals surface area contributed by atoms with Crippen molar-refractivity contribution < 1.29 is 17.4 Å². The number of amides is 2. The lowest BCUT2D eigenvalue weighted by atomic mass is 10.1. The Morgan fingerprint density at radius 3 is 2.32 bits per heavy atom. The topological polar surface area (TPSA) is 75.7 Å². The van der Waals surface area contributed by atoms with Gasteiger partial charge in [0.1, 0.15) is 5.75 Å². The van der Waals surface area contributed by atoms with Crippen molar-refractivity contribution in [3.05, 3.63) is 59.7 Å². The Kier molecular flexibility index (Phi) is 7.45. The molecule has 0 aliphatic rings. The molecule has 1 atom stereocenters. The molecule has 28 heavy (non-hydrogen) atoms. The number of benzene rings is 2. The van der Waals surface area contributed by atoms with E-state index in [2.05, 4.69) is 12.2 Å². The predicted octanol–water partition coefficient (Wildman–Crippen LogP) is 4.42. The molecule has 2 rings (SSSR count). The summed E-state index contributed by atoms with van der Waals surface area (Å²) in [7, 11) is -3.56. The average Bonchev–Trinajstić information content (AvgIpc) is 2.66. The van der Waals surface area contributed by atoms with Crippen LogP contribution in [0.5, 0.6) is 5.75 Å². The quantitative estimate of drug-likeness (QED) is 0.661. The summed E-state index contributed by atoms with van der Waals surface area (Å²) in [6.45, 7) is 6.51. The highest BCUT2D eigenvalue weighted by Crippen LogP contribution is 2.20. The molecule has 0 heterocycles. The van der Waals surface area contributed by atoms with E-state index in [-0.39, 0.29) is 17.8 Å². The molecule has 0 bridgehead atoms. The maximum atomic E-state index is 13.0. The van der Waals surface area contributed by atoms with E-state index in [9.17, 15) is 13.2 Å². The number of para-hydroxylation sites is 1. The van der Waals surface area contributed by atoms with Crippen LogP contribution in [0.4, 0.5) is 10.5 Å². The maximum Gasteiger partial charge on any atom is 0.322 e. The van der Waals surface area contributed by atoms with E-state index < -0.39 is 10.1 Å². The largest absolute Gasteiger partial charge is 0.383 e. The smallest absolute Gasteiger partial charge is 0.322 e. The summed E-state index contributed by atoms with van der Waals surface area (Å²) >= 11 is 0. The van der Waals surface area contributed by atoms with Gasteiger partial charge in [-0.3, -0.25) is 0 Å². The van der Waals surface area contributed by atoms with Crippen molar-refractivity contribution in [3.8, 4) is 5.75 Å². The minimum Gasteiger partial charge on any atom is -0.383 e. The predicted molar refractivity (Wildman–Crippen MR) is 112 cm³/mol. The number of anilines is 1. The third-order valence-electron chi connectivity index (χ3n) is 4.55. The number of carbonyl (C=O) groups is 1. The fourth-order valence-electron chi connectivity index (χ4n) is 2.81. The van der Waals surface area contributed by atoms with Crippen LogP contribution in [0.15, 0.2) is 48.5 Å². The van der Waals surface area contributed by atoms with Gasteiger partial charge in [-0.25, -0.2) is 4.79 Å². The lowest BCUT2D eigenvalue weighted by Crippen LogP contribution is -2.40. The van der Waals surface area contributed by atoms with Crippen LogP contribution in [-0.4, -0.2) is 31.6 Å². The first-order valence-electron chi connectivity index (χ1n) is 9.37. The van der Waals surface area contributed by atoms with Gasteiger partial charge in [0.2, 0.25) is 0 Å². The number of carbonyl (C=O) groups excluding carboxylic acids is 1. The summed E-state index contributed by atoms with van der Waals surface area (Å²) in [5.74, 6) is 0.252. The molecule has 7 heteroatoms. The molecular formula is C21H28N2O4S. The normalized spacial score (nSPS) is 12.3. The van der Waals surface area contributed by atoms with Crippen molar-refractivity contribution in [3.63, 3.8) is 0 Å². The van der Waals surface area contributed by atoms with Crippen LogP contribution < -0.4 is 9.50 Å². The average molecular weight is 405 g/mol. The lowest BCUT2D eigenvalue weighted by Gasteiger charge is -2.29. The third-order valence-corrected chi connectivity index (χ3v) is 5.04. The Labute approximate surface area is 167 Å². The second-order valence-electron chi connectivity index (χ2n) is 6.76. The Bertz CT molecular complexity index is 895. The van der Waals surface area contributed by atoms with Crippen molar-refractivity contribution in [2.75, 3.05) is 11.6 Å². The van der Waals surface area contributed by atoms with Gasteiger partial charge in [-0.15, -0.1) is 0 Å². The Hall–Kier alpha value is -2.54. The number of hydrogen-bond donors (Lipinski definition) is 1. The van der Waals surface area contributed by atoms with Gasteiger partial charge >= 0.3 is 16.1 Å². The van der Waals surface area contributed by atoms with Gasteiger partial charge in [0, 0.05) is 18.3 Å². The summed E-state index contributed by atoms with van der Waals surface area (Å²) in [5, 5.41) is 3.02. The van der Waals surface area contributed by atoms with Crippen molar-refractivity contribution in [2.45, 2.75) is 46.2 Å². The minimum absolute atomic E-state index is 0.0423. The van der Waals surface area contributed by atoms with E-state index >= 15 is 0 Å². The van der Waals surface area contributed by atoms with E-state index in [1.54, 1.807) is 29.2 Å². The summed E-state index contributed by atoms with van der Waals surface area (Å²) in [6, 6.07) is 14.4. The summed E-state index contributed by atoms with van der Waals surface area (Å²) in [4.78, 5) is 14.7. The Morgan fingerprint density at radius 2 is 1.75 bits per heavy atom. The van der Waals surface area contributed by atoms with Crippen molar-refractivity contribution >= 4 is 21.8 Å². The summed E-state index contributed by atoms with van der Waals surface area (Å²) < 4.78 is 27.3. The fourth-order valence-corrected chi connectivity index (χ4v) is 3.27. The number of hydrogen-bond acceptors (Lipinski definition) is 4. The highest BCUT2D eigenvalue weighted by molar-refractivity contribution is 7.86. The second kappa shape index (κ2) is 9.59. The summed E-state index contributed by atoms with van der Waals surface area (Å²) in [5.41, 5.74) is 2.79. The van der Waals surface area contributed by atoms with Crippen LogP contribution in [0.1, 0.15) is 38.3 Å². The Morgan fingerprint density at radius 1 is 1.11 bits per heavy atom. The molecule has 2 aromatic rings. The van der Waals surface area contributed by atoms with Crippen LogP contribution in [0.25, 0.3) is 0 Å². The number of nitrogens with one attached hydrogen (secondary N) is 1. The van der Waals surface area contributed by atoms with Gasteiger partial charge in [0.25, 0.3) is 0 Å². The first kappa shape index (κ1) is 21.8. The highest BCUT2D eigenvalue weighted by Gasteiger charge is 2.20. The van der Waals surface area contributed by atoms with Crippen LogP contribution in [0.3, 0.4) is 0 Å². The summed E-state index contributed by atoms with van der Waals surface area (Å²) in [6.07, 6.45) is 2.66. The minimum atomic E-state index is -3.56. The molecule has 0 unspecified atom stereocenters. The van der Waals surface area contributed by atoms with Gasteiger partial charge in [0.05, 0.1) is 6.26 Å². The number of nitrogens with zero attached hydrogens (tertiary/aromatic N) is 1. The van der Waals surface area contributed by atoms with Gasteiger partial charge in [-0.05, 0) is 49.1 Å². The molecule has 6 nitrogen and oxygen atoms in total. The zero-order valence-electron chi connectivity index (χ0n) is 16.8. The molecule has 0 aromatic heterocycles. The van der Waals surface area contributed by atoms with Gasteiger partial charge in [-0.1, -0.05) is 44.2 Å². The molecule has 0 spiro atoms. The Balaban J connectivity index is 2.16. The monoisotopic (exact) mass is 404 g/mol. The molecule has 0 radical (unpaired) electrons. The van der Waals surface area contributed by atoms with E-state index in [1.165, 1.54) is 0 Å². The van der Waals surface area contributed by atoms with Crippen molar-refractivity contribution in [2.24, 2.45) is 0 Å². The molecule has 0 saturated carbocycles. The van der Waals surface area contributed by atoms with E-state index in [0.717, 1.165) is 35.9 Å². The maximum absolute atomic E-state index is 13.0. The zero-order valence-corrected chi connectivity index (χ0v) is 17.6. The zero-order chi connectivity index (χ0) is 20.7. The molecule has 2 amide bonds. The van der Waals surface area contributed by atoms with Gasteiger partial charge in [-0.2, -0.15) is 8.42 Å². The van der Waals surface area contributed by atoms with E-state index in [4.69, 9.17) is 4.18 Å². The molecule has 152 valence electrons. The standard InChI is InChI=1S/C21H28N2O4S/c1-5-16(3)23(21(24)22-20-10-8-7-9-18(20)6-2)15-17-11-13-19(14-12-17)27-28(4,25)26/h7-14,16H,5-6,15H2,1-4H3,(H,22,24)/t16-/m0/s1. The first-order valence-corrected chi connectivity index (χ1v) is 11.2. The number of urea groups is 1. The number of aryl methyl sites for hydroxylation is 1. The van der Waals surface area contributed by atoms with Crippen LogP contribution in [0.2, 0.25) is 0 Å². The first-order chi connectivity index (χ1) is 13.2. The number of rotatable bonds is 8. The van der Waals surface area contributed by atoms with Crippen LogP contribution >= 0.6 is 0 Å². The van der Waals surface area contributed by atoms with Crippen LogP contribution in [0, 0.1) is 0 Å². The SMILES string of the molecule is CCc1ccccc1NC(=O)N(Cc1ccc(OS(C)(=O)=O)cc1)[C@@H](C)CC. The molecule has 0 aliphatic carbocycles. The molecule has 2 aromatic carbocycles. The molecule has 0 fully saturated rings. The van der Waals surface area contributed by atoms with Gasteiger partial charge in [0.15, 0.2) is 0 Å². The second-order valence-corrected chi connectivity index (χ2v) is 8.33. The van der Waals surface area contributed by atoms with E-state index in [1.807, 2.05) is 38.1 Å². The highest BCUT2D eigenvalue weighted by atomic mass is 32.2.